The monoisotopic (exact) mass is 281 g/mol. The van der Waals surface area contributed by atoms with Gasteiger partial charge in [-0.1, -0.05) is 25.7 Å². The Morgan fingerprint density at radius 1 is 1.00 bits per heavy atom. The Labute approximate surface area is 121 Å². The minimum Gasteiger partial charge on any atom is -0.354 e. The van der Waals surface area contributed by atoms with Gasteiger partial charge in [0.2, 0.25) is 11.8 Å². The first-order chi connectivity index (χ1) is 9.68. The highest BCUT2D eigenvalue weighted by Crippen LogP contribution is 2.34. The van der Waals surface area contributed by atoms with Crippen molar-refractivity contribution in [2.75, 3.05) is 19.6 Å². The summed E-state index contributed by atoms with van der Waals surface area (Å²) in [6, 6.07) is 0. The van der Waals surface area contributed by atoms with E-state index in [2.05, 4.69) is 10.6 Å². The molecule has 0 aromatic carbocycles. The van der Waals surface area contributed by atoms with Crippen molar-refractivity contribution in [3.63, 3.8) is 0 Å². The SMILES string of the molecule is NCC1(C(=O)NCCNC(=O)C2CC2)CCCCCC1. The fourth-order valence-electron chi connectivity index (χ4n) is 2.97. The molecular formula is C15H27N3O2. The Morgan fingerprint density at radius 3 is 2.15 bits per heavy atom. The van der Waals surface area contributed by atoms with Gasteiger partial charge >= 0.3 is 0 Å². The minimum atomic E-state index is -0.378. The van der Waals surface area contributed by atoms with Crippen molar-refractivity contribution in [2.45, 2.75) is 51.4 Å². The molecule has 2 saturated carbocycles. The van der Waals surface area contributed by atoms with Crippen molar-refractivity contribution in [3.05, 3.63) is 0 Å². The Bertz CT molecular complexity index is 345. The van der Waals surface area contributed by atoms with Crippen LogP contribution >= 0.6 is 0 Å². The summed E-state index contributed by atoms with van der Waals surface area (Å²) in [6.07, 6.45) is 8.38. The second-order valence-corrected chi connectivity index (χ2v) is 6.22. The van der Waals surface area contributed by atoms with E-state index in [1.165, 1.54) is 12.8 Å². The van der Waals surface area contributed by atoms with Crippen molar-refractivity contribution in [1.82, 2.24) is 10.6 Å². The summed E-state index contributed by atoms with van der Waals surface area (Å²) in [4.78, 5) is 23.9. The van der Waals surface area contributed by atoms with Gasteiger partial charge in [-0.3, -0.25) is 9.59 Å². The molecule has 5 heteroatoms. The summed E-state index contributed by atoms with van der Waals surface area (Å²) in [5.41, 5.74) is 5.50. The Hall–Kier alpha value is -1.10. The highest BCUT2D eigenvalue weighted by Gasteiger charge is 2.37. The van der Waals surface area contributed by atoms with Crippen LogP contribution in [0.3, 0.4) is 0 Å². The third-order valence-electron chi connectivity index (χ3n) is 4.59. The van der Waals surface area contributed by atoms with Crippen molar-refractivity contribution < 1.29 is 9.59 Å². The van der Waals surface area contributed by atoms with Gasteiger partial charge in [0.25, 0.3) is 0 Å². The average Bonchev–Trinajstić information content (AvgIpc) is 3.29. The van der Waals surface area contributed by atoms with E-state index >= 15 is 0 Å². The molecular weight excluding hydrogens is 254 g/mol. The number of hydrogen-bond acceptors (Lipinski definition) is 3. The fourth-order valence-corrected chi connectivity index (χ4v) is 2.97. The van der Waals surface area contributed by atoms with Gasteiger partial charge in [0.15, 0.2) is 0 Å². The van der Waals surface area contributed by atoms with Crippen LogP contribution < -0.4 is 16.4 Å². The number of carbonyl (C=O) groups excluding carboxylic acids is 2. The van der Waals surface area contributed by atoms with Crippen LogP contribution in [0.4, 0.5) is 0 Å². The zero-order valence-electron chi connectivity index (χ0n) is 12.2. The molecule has 114 valence electrons. The highest BCUT2D eigenvalue weighted by molar-refractivity contribution is 5.83. The first-order valence-electron chi connectivity index (χ1n) is 7.94. The van der Waals surface area contributed by atoms with Gasteiger partial charge < -0.3 is 16.4 Å². The van der Waals surface area contributed by atoms with E-state index in [-0.39, 0.29) is 23.1 Å². The smallest absolute Gasteiger partial charge is 0.227 e. The first kappa shape index (κ1) is 15.3. The molecule has 2 fully saturated rings. The minimum absolute atomic E-state index is 0.0718. The summed E-state index contributed by atoms with van der Waals surface area (Å²) in [5.74, 6) is 0.424. The number of rotatable bonds is 6. The van der Waals surface area contributed by atoms with Crippen LogP contribution in [-0.2, 0) is 9.59 Å². The van der Waals surface area contributed by atoms with Crippen LogP contribution in [0, 0.1) is 11.3 Å². The molecule has 2 amide bonds. The lowest BCUT2D eigenvalue weighted by molar-refractivity contribution is -0.131. The second kappa shape index (κ2) is 7.07. The van der Waals surface area contributed by atoms with Crippen molar-refractivity contribution in [2.24, 2.45) is 17.1 Å². The maximum atomic E-state index is 12.4. The maximum absolute atomic E-state index is 12.4. The maximum Gasteiger partial charge on any atom is 0.227 e. The van der Waals surface area contributed by atoms with E-state index in [1.54, 1.807) is 0 Å². The standard InChI is InChI=1S/C15H27N3O2/c16-11-15(7-3-1-2-4-8-15)14(20)18-10-9-17-13(19)12-5-6-12/h12H,1-11,16H2,(H,17,19)(H,18,20). The van der Waals surface area contributed by atoms with Gasteiger partial charge in [-0.25, -0.2) is 0 Å². The normalized spacial score (nSPS) is 21.9. The van der Waals surface area contributed by atoms with Gasteiger partial charge in [0.05, 0.1) is 5.41 Å². The molecule has 0 radical (unpaired) electrons. The topological polar surface area (TPSA) is 84.2 Å². The lowest BCUT2D eigenvalue weighted by Gasteiger charge is -2.29. The molecule has 0 spiro atoms. The second-order valence-electron chi connectivity index (χ2n) is 6.22. The van der Waals surface area contributed by atoms with E-state index < -0.39 is 0 Å². The summed E-state index contributed by atoms with van der Waals surface area (Å²) >= 11 is 0. The van der Waals surface area contributed by atoms with E-state index in [4.69, 9.17) is 5.73 Å². The summed E-state index contributed by atoms with van der Waals surface area (Å²) in [6.45, 7) is 1.44. The molecule has 0 bridgehead atoms. The van der Waals surface area contributed by atoms with E-state index in [0.717, 1.165) is 38.5 Å². The van der Waals surface area contributed by atoms with Crippen LogP contribution in [0.15, 0.2) is 0 Å². The van der Waals surface area contributed by atoms with Crippen LogP contribution in [-0.4, -0.2) is 31.4 Å². The molecule has 2 aliphatic carbocycles. The lowest BCUT2D eigenvalue weighted by Crippen LogP contribution is -2.47. The average molecular weight is 281 g/mol. The van der Waals surface area contributed by atoms with Crippen LogP contribution in [0.5, 0.6) is 0 Å². The molecule has 5 nitrogen and oxygen atoms in total. The van der Waals surface area contributed by atoms with Gasteiger partial charge in [-0.05, 0) is 25.7 Å². The molecule has 20 heavy (non-hydrogen) atoms. The molecule has 0 unspecified atom stereocenters. The van der Waals surface area contributed by atoms with Crippen LogP contribution in [0.1, 0.15) is 51.4 Å². The molecule has 0 heterocycles. The van der Waals surface area contributed by atoms with Gasteiger partial charge in [-0.2, -0.15) is 0 Å². The third kappa shape index (κ3) is 3.95. The van der Waals surface area contributed by atoms with E-state index in [9.17, 15) is 9.59 Å². The molecule has 0 aromatic heterocycles. The van der Waals surface area contributed by atoms with Crippen molar-refractivity contribution in [1.29, 1.82) is 0 Å². The van der Waals surface area contributed by atoms with E-state index in [0.29, 0.717) is 19.6 Å². The largest absolute Gasteiger partial charge is 0.354 e. The Balaban J connectivity index is 1.72. The number of nitrogens with one attached hydrogen (secondary N) is 2. The number of nitrogens with two attached hydrogens (primary N) is 1. The molecule has 0 saturated heterocycles. The highest BCUT2D eigenvalue weighted by atomic mass is 16.2. The predicted octanol–water partition coefficient (Wildman–Crippen LogP) is 0.928. The van der Waals surface area contributed by atoms with E-state index in [1.807, 2.05) is 0 Å². The summed E-state index contributed by atoms with van der Waals surface area (Å²) in [5, 5.41) is 5.81. The molecule has 0 aliphatic heterocycles. The van der Waals surface area contributed by atoms with Crippen molar-refractivity contribution >= 4 is 11.8 Å². The summed E-state index contributed by atoms with van der Waals surface area (Å²) < 4.78 is 0. The molecule has 2 aliphatic rings. The first-order valence-corrected chi connectivity index (χ1v) is 7.94. The molecule has 0 atom stereocenters. The third-order valence-corrected chi connectivity index (χ3v) is 4.59. The van der Waals surface area contributed by atoms with Gasteiger partial charge in [0, 0.05) is 25.6 Å². The Kier molecular flexibility index (Phi) is 5.40. The van der Waals surface area contributed by atoms with Gasteiger partial charge in [-0.15, -0.1) is 0 Å². The number of amides is 2. The fraction of sp³-hybridized carbons (Fsp3) is 0.867. The zero-order chi connectivity index (χ0) is 14.4. The van der Waals surface area contributed by atoms with Crippen LogP contribution in [0.2, 0.25) is 0 Å². The van der Waals surface area contributed by atoms with Crippen LogP contribution in [0.25, 0.3) is 0 Å². The molecule has 2 rings (SSSR count). The quantitative estimate of drug-likeness (QED) is 0.500. The number of carbonyl (C=O) groups is 2. The predicted molar refractivity (Wildman–Crippen MR) is 77.9 cm³/mol. The number of hydrogen-bond donors (Lipinski definition) is 3. The zero-order valence-corrected chi connectivity index (χ0v) is 12.2. The molecule has 4 N–H and O–H groups in total. The Morgan fingerprint density at radius 2 is 1.60 bits per heavy atom. The molecule has 0 aromatic rings. The van der Waals surface area contributed by atoms with Gasteiger partial charge in [0.1, 0.15) is 0 Å². The summed E-state index contributed by atoms with van der Waals surface area (Å²) in [7, 11) is 0. The lowest BCUT2D eigenvalue weighted by atomic mass is 9.79. The van der Waals surface area contributed by atoms with Crippen molar-refractivity contribution in [3.8, 4) is 0 Å².